The molecule has 3 nitrogen and oxygen atoms in total. The molecule has 0 radical (unpaired) electrons. The first-order valence-electron chi connectivity index (χ1n) is 7.07. The number of rotatable bonds is 5. The number of nitrogens with one attached hydrogen (secondary N) is 1. The van der Waals surface area contributed by atoms with Gasteiger partial charge in [0.25, 0.3) is 0 Å². The predicted molar refractivity (Wildman–Crippen MR) is 75.9 cm³/mol. The minimum Gasteiger partial charge on any atom is -0.308 e. The van der Waals surface area contributed by atoms with Gasteiger partial charge in [0.2, 0.25) is 0 Å². The molecule has 1 aliphatic rings. The SMILES string of the molecule is CCc1nn(C)c(CN[C@H](C)C2CCCC2)c1Cl. The summed E-state index contributed by atoms with van der Waals surface area (Å²) in [7, 11) is 1.97. The molecular formula is C14H24ClN3. The van der Waals surface area contributed by atoms with Crippen LogP contribution in [0, 0.1) is 5.92 Å². The molecule has 0 unspecified atom stereocenters. The van der Waals surface area contributed by atoms with Gasteiger partial charge in [-0.1, -0.05) is 31.4 Å². The number of aryl methyl sites for hydroxylation is 2. The average molecular weight is 270 g/mol. The van der Waals surface area contributed by atoms with Crippen molar-refractivity contribution < 1.29 is 0 Å². The molecule has 102 valence electrons. The molecule has 1 aliphatic carbocycles. The third kappa shape index (κ3) is 2.89. The van der Waals surface area contributed by atoms with Crippen LogP contribution in [0.4, 0.5) is 0 Å². The van der Waals surface area contributed by atoms with Crippen LogP contribution < -0.4 is 5.32 Å². The molecule has 4 heteroatoms. The molecule has 0 aliphatic heterocycles. The van der Waals surface area contributed by atoms with E-state index in [9.17, 15) is 0 Å². The van der Waals surface area contributed by atoms with Gasteiger partial charge in [-0.2, -0.15) is 5.10 Å². The first-order chi connectivity index (χ1) is 8.63. The minimum atomic E-state index is 0.573. The fourth-order valence-corrected chi connectivity index (χ4v) is 3.25. The molecule has 1 atom stereocenters. The summed E-state index contributed by atoms with van der Waals surface area (Å²) >= 11 is 6.35. The van der Waals surface area contributed by atoms with Gasteiger partial charge in [-0.15, -0.1) is 0 Å². The lowest BCUT2D eigenvalue weighted by molar-refractivity contribution is 0.376. The van der Waals surface area contributed by atoms with Crippen molar-refractivity contribution >= 4 is 11.6 Å². The normalized spacial score (nSPS) is 18.4. The first kappa shape index (κ1) is 13.9. The summed E-state index contributed by atoms with van der Waals surface area (Å²) in [6.07, 6.45) is 6.41. The lowest BCUT2D eigenvalue weighted by atomic mass is 10.00. The Labute approximate surface area is 115 Å². The van der Waals surface area contributed by atoms with E-state index in [4.69, 9.17) is 11.6 Å². The molecular weight excluding hydrogens is 246 g/mol. The maximum Gasteiger partial charge on any atom is 0.0863 e. The summed E-state index contributed by atoms with van der Waals surface area (Å²) < 4.78 is 1.91. The van der Waals surface area contributed by atoms with Crippen LogP contribution in [-0.2, 0) is 20.0 Å². The van der Waals surface area contributed by atoms with E-state index in [1.165, 1.54) is 25.7 Å². The van der Waals surface area contributed by atoms with Gasteiger partial charge in [0, 0.05) is 19.6 Å². The molecule has 1 aromatic rings. The van der Waals surface area contributed by atoms with Crippen molar-refractivity contribution in [2.24, 2.45) is 13.0 Å². The lowest BCUT2D eigenvalue weighted by Crippen LogP contribution is -2.32. The third-order valence-corrected chi connectivity index (χ3v) is 4.64. The summed E-state index contributed by atoms with van der Waals surface area (Å²) in [5.41, 5.74) is 2.11. The Bertz CT molecular complexity index is 394. The molecule has 0 aromatic carbocycles. The van der Waals surface area contributed by atoms with E-state index in [0.29, 0.717) is 6.04 Å². The van der Waals surface area contributed by atoms with E-state index >= 15 is 0 Å². The van der Waals surface area contributed by atoms with Crippen LogP contribution in [0.2, 0.25) is 5.02 Å². The van der Waals surface area contributed by atoms with Gasteiger partial charge in [0.05, 0.1) is 16.4 Å². The number of hydrogen-bond donors (Lipinski definition) is 1. The fraction of sp³-hybridized carbons (Fsp3) is 0.786. The van der Waals surface area contributed by atoms with Crippen LogP contribution in [0.1, 0.15) is 50.9 Å². The molecule has 1 fully saturated rings. The standard InChI is InChI=1S/C14H24ClN3/c1-4-12-14(15)13(18(3)17-12)9-16-10(2)11-7-5-6-8-11/h10-11,16H,4-9H2,1-3H3/t10-/m1/s1. The topological polar surface area (TPSA) is 29.9 Å². The van der Waals surface area contributed by atoms with Gasteiger partial charge >= 0.3 is 0 Å². The summed E-state index contributed by atoms with van der Waals surface area (Å²) in [4.78, 5) is 0. The molecule has 0 amide bonds. The van der Waals surface area contributed by atoms with Crippen LogP contribution >= 0.6 is 11.6 Å². The summed E-state index contributed by atoms with van der Waals surface area (Å²) in [5, 5.41) is 8.90. The predicted octanol–water partition coefficient (Wildman–Crippen LogP) is 3.30. The molecule has 1 N–H and O–H groups in total. The highest BCUT2D eigenvalue weighted by molar-refractivity contribution is 6.31. The van der Waals surface area contributed by atoms with Crippen molar-refractivity contribution in [1.29, 1.82) is 0 Å². The van der Waals surface area contributed by atoms with Gasteiger partial charge < -0.3 is 5.32 Å². The quantitative estimate of drug-likeness (QED) is 0.889. The van der Waals surface area contributed by atoms with Crippen LogP contribution in [-0.4, -0.2) is 15.8 Å². The molecule has 0 spiro atoms. The Morgan fingerprint density at radius 1 is 1.44 bits per heavy atom. The number of halogens is 1. The van der Waals surface area contributed by atoms with Gasteiger partial charge in [-0.05, 0) is 32.1 Å². The van der Waals surface area contributed by atoms with Crippen molar-refractivity contribution in [1.82, 2.24) is 15.1 Å². The minimum absolute atomic E-state index is 0.573. The Morgan fingerprint density at radius 2 is 2.11 bits per heavy atom. The second kappa shape index (κ2) is 6.07. The highest BCUT2D eigenvalue weighted by Crippen LogP contribution is 2.28. The number of aromatic nitrogens is 2. The Balaban J connectivity index is 1.95. The van der Waals surface area contributed by atoms with Crippen molar-refractivity contribution in [3.63, 3.8) is 0 Å². The molecule has 0 bridgehead atoms. The van der Waals surface area contributed by atoms with E-state index in [-0.39, 0.29) is 0 Å². The van der Waals surface area contributed by atoms with Crippen LogP contribution in [0.5, 0.6) is 0 Å². The van der Waals surface area contributed by atoms with Gasteiger partial charge in [-0.25, -0.2) is 0 Å². The molecule has 2 rings (SSSR count). The average Bonchev–Trinajstić information content (AvgIpc) is 2.96. The monoisotopic (exact) mass is 269 g/mol. The summed E-state index contributed by atoms with van der Waals surface area (Å²) in [6.45, 7) is 5.20. The maximum absolute atomic E-state index is 6.35. The van der Waals surface area contributed by atoms with Crippen molar-refractivity contribution in [3.8, 4) is 0 Å². The van der Waals surface area contributed by atoms with Crippen LogP contribution in [0.25, 0.3) is 0 Å². The maximum atomic E-state index is 6.35. The van der Waals surface area contributed by atoms with E-state index in [1.807, 2.05) is 11.7 Å². The largest absolute Gasteiger partial charge is 0.308 e. The first-order valence-corrected chi connectivity index (χ1v) is 7.44. The third-order valence-electron chi connectivity index (χ3n) is 4.20. The summed E-state index contributed by atoms with van der Waals surface area (Å²) in [6, 6.07) is 0.573. The summed E-state index contributed by atoms with van der Waals surface area (Å²) in [5.74, 6) is 0.836. The Hall–Kier alpha value is -0.540. The highest BCUT2D eigenvalue weighted by Gasteiger charge is 2.22. The Kier molecular flexibility index (Phi) is 4.68. The Morgan fingerprint density at radius 3 is 2.67 bits per heavy atom. The highest BCUT2D eigenvalue weighted by atomic mass is 35.5. The molecule has 0 saturated heterocycles. The van der Waals surface area contributed by atoms with E-state index in [2.05, 4.69) is 24.3 Å². The second-order valence-electron chi connectivity index (χ2n) is 5.40. The van der Waals surface area contributed by atoms with E-state index < -0.39 is 0 Å². The van der Waals surface area contributed by atoms with Gasteiger partial charge in [0.1, 0.15) is 0 Å². The van der Waals surface area contributed by atoms with Crippen molar-refractivity contribution in [3.05, 3.63) is 16.4 Å². The van der Waals surface area contributed by atoms with Gasteiger partial charge in [-0.3, -0.25) is 4.68 Å². The smallest absolute Gasteiger partial charge is 0.0863 e. The molecule has 1 saturated carbocycles. The molecule has 18 heavy (non-hydrogen) atoms. The zero-order valence-electron chi connectivity index (χ0n) is 11.7. The van der Waals surface area contributed by atoms with E-state index in [0.717, 1.165) is 35.3 Å². The molecule has 1 aromatic heterocycles. The van der Waals surface area contributed by atoms with Gasteiger partial charge in [0.15, 0.2) is 0 Å². The number of hydrogen-bond acceptors (Lipinski definition) is 2. The van der Waals surface area contributed by atoms with Crippen molar-refractivity contribution in [2.75, 3.05) is 0 Å². The lowest BCUT2D eigenvalue weighted by Gasteiger charge is -2.20. The van der Waals surface area contributed by atoms with Crippen LogP contribution in [0.15, 0.2) is 0 Å². The van der Waals surface area contributed by atoms with Crippen LogP contribution in [0.3, 0.4) is 0 Å². The van der Waals surface area contributed by atoms with Crippen molar-refractivity contribution in [2.45, 2.75) is 58.5 Å². The zero-order chi connectivity index (χ0) is 13.1. The zero-order valence-corrected chi connectivity index (χ0v) is 12.4. The fourth-order valence-electron chi connectivity index (χ4n) is 2.89. The molecule has 1 heterocycles. The second-order valence-corrected chi connectivity index (χ2v) is 5.78. The van der Waals surface area contributed by atoms with E-state index in [1.54, 1.807) is 0 Å². The number of nitrogens with zero attached hydrogens (tertiary/aromatic N) is 2.